The highest BCUT2D eigenvalue weighted by Crippen LogP contribution is 2.08. The van der Waals surface area contributed by atoms with E-state index < -0.39 is 0 Å². The average Bonchev–Trinajstić information content (AvgIpc) is 2.65. The van der Waals surface area contributed by atoms with Crippen molar-refractivity contribution in [2.75, 3.05) is 11.9 Å². The van der Waals surface area contributed by atoms with Gasteiger partial charge in [-0.25, -0.2) is 4.98 Å². The van der Waals surface area contributed by atoms with Crippen molar-refractivity contribution >= 4 is 17.4 Å². The van der Waals surface area contributed by atoms with Crippen LogP contribution in [-0.2, 0) is 13.5 Å². The van der Waals surface area contributed by atoms with Gasteiger partial charge in [0.25, 0.3) is 0 Å². The third-order valence-electron chi connectivity index (χ3n) is 2.17. The molecule has 2 heterocycles. The maximum atomic E-state index is 5.77. The van der Waals surface area contributed by atoms with Crippen LogP contribution in [0.25, 0.3) is 0 Å². The molecule has 2 aromatic rings. The van der Waals surface area contributed by atoms with Crippen LogP contribution in [0.2, 0.25) is 5.15 Å². The standard InChI is InChI=1S/C10H12ClN5/c1-16-7-13-15-10(16)5-6-12-9-4-2-3-8(11)14-9/h2-4,7H,5-6H2,1H3,(H,12,14). The van der Waals surface area contributed by atoms with E-state index >= 15 is 0 Å². The van der Waals surface area contributed by atoms with Gasteiger partial charge in [-0.15, -0.1) is 10.2 Å². The maximum absolute atomic E-state index is 5.77. The highest BCUT2D eigenvalue weighted by molar-refractivity contribution is 6.29. The molecule has 0 aliphatic heterocycles. The molecular weight excluding hydrogens is 226 g/mol. The number of rotatable bonds is 4. The first-order valence-corrected chi connectivity index (χ1v) is 5.33. The summed E-state index contributed by atoms with van der Waals surface area (Å²) in [4.78, 5) is 4.13. The molecule has 0 spiro atoms. The minimum Gasteiger partial charge on any atom is -0.370 e. The Labute approximate surface area is 98.5 Å². The van der Waals surface area contributed by atoms with Gasteiger partial charge in [0.1, 0.15) is 23.1 Å². The third kappa shape index (κ3) is 2.70. The van der Waals surface area contributed by atoms with E-state index in [4.69, 9.17) is 11.6 Å². The first-order chi connectivity index (χ1) is 7.75. The van der Waals surface area contributed by atoms with Crippen LogP contribution in [0.5, 0.6) is 0 Å². The van der Waals surface area contributed by atoms with E-state index in [1.165, 1.54) is 0 Å². The van der Waals surface area contributed by atoms with Gasteiger partial charge >= 0.3 is 0 Å². The largest absolute Gasteiger partial charge is 0.370 e. The Bertz CT molecular complexity index is 468. The molecule has 0 aromatic carbocycles. The van der Waals surface area contributed by atoms with Crippen LogP contribution < -0.4 is 5.32 Å². The zero-order valence-electron chi connectivity index (χ0n) is 8.89. The van der Waals surface area contributed by atoms with Gasteiger partial charge in [0.2, 0.25) is 0 Å². The predicted molar refractivity (Wildman–Crippen MR) is 62.4 cm³/mol. The van der Waals surface area contributed by atoms with Crippen molar-refractivity contribution in [3.63, 3.8) is 0 Å². The predicted octanol–water partition coefficient (Wildman–Crippen LogP) is 1.52. The zero-order valence-corrected chi connectivity index (χ0v) is 9.65. The Balaban J connectivity index is 1.87. The molecule has 0 unspecified atom stereocenters. The number of halogens is 1. The Morgan fingerprint density at radius 3 is 3.00 bits per heavy atom. The number of nitrogens with zero attached hydrogens (tertiary/aromatic N) is 4. The molecule has 6 heteroatoms. The molecule has 0 saturated carbocycles. The maximum Gasteiger partial charge on any atom is 0.134 e. The number of nitrogens with one attached hydrogen (secondary N) is 1. The van der Waals surface area contributed by atoms with Gasteiger partial charge in [-0.05, 0) is 12.1 Å². The number of anilines is 1. The molecule has 2 aromatic heterocycles. The van der Waals surface area contributed by atoms with Gasteiger partial charge in [0.15, 0.2) is 0 Å². The summed E-state index contributed by atoms with van der Waals surface area (Å²) < 4.78 is 1.90. The molecule has 0 fully saturated rings. The van der Waals surface area contributed by atoms with E-state index in [1.807, 2.05) is 23.7 Å². The molecule has 1 N–H and O–H groups in total. The summed E-state index contributed by atoms with van der Waals surface area (Å²) in [7, 11) is 1.92. The summed E-state index contributed by atoms with van der Waals surface area (Å²) >= 11 is 5.77. The van der Waals surface area contributed by atoms with Gasteiger partial charge in [-0.3, -0.25) is 0 Å². The van der Waals surface area contributed by atoms with Gasteiger partial charge in [-0.2, -0.15) is 0 Å². The van der Waals surface area contributed by atoms with Crippen LogP contribution in [0.4, 0.5) is 5.82 Å². The van der Waals surface area contributed by atoms with Crippen LogP contribution in [-0.4, -0.2) is 26.3 Å². The van der Waals surface area contributed by atoms with E-state index in [-0.39, 0.29) is 0 Å². The highest BCUT2D eigenvalue weighted by Gasteiger charge is 2.00. The van der Waals surface area contributed by atoms with Crippen molar-refractivity contribution < 1.29 is 0 Å². The summed E-state index contributed by atoms with van der Waals surface area (Å²) in [5.74, 6) is 1.71. The molecule has 0 bridgehead atoms. The molecule has 0 aliphatic rings. The molecule has 0 saturated heterocycles. The van der Waals surface area contributed by atoms with E-state index in [0.717, 1.165) is 24.6 Å². The normalized spacial score (nSPS) is 10.4. The quantitative estimate of drug-likeness (QED) is 0.820. The molecule has 0 atom stereocenters. The Hall–Kier alpha value is -1.62. The van der Waals surface area contributed by atoms with Crippen LogP contribution >= 0.6 is 11.6 Å². The van der Waals surface area contributed by atoms with Crippen LogP contribution in [0, 0.1) is 0 Å². The molecule has 84 valence electrons. The second kappa shape index (κ2) is 4.94. The minimum absolute atomic E-state index is 0.489. The van der Waals surface area contributed by atoms with Crippen molar-refractivity contribution in [2.24, 2.45) is 7.05 Å². The third-order valence-corrected chi connectivity index (χ3v) is 2.39. The lowest BCUT2D eigenvalue weighted by Crippen LogP contribution is -2.09. The number of hydrogen-bond acceptors (Lipinski definition) is 4. The molecule has 0 radical (unpaired) electrons. The summed E-state index contributed by atoms with van der Waals surface area (Å²) in [6.45, 7) is 0.750. The zero-order chi connectivity index (χ0) is 11.4. The Morgan fingerprint density at radius 2 is 2.31 bits per heavy atom. The molecular formula is C10H12ClN5. The van der Waals surface area contributed by atoms with Gasteiger partial charge in [0, 0.05) is 20.0 Å². The van der Waals surface area contributed by atoms with E-state index in [9.17, 15) is 0 Å². The molecule has 2 rings (SSSR count). The van der Waals surface area contributed by atoms with Crippen molar-refractivity contribution in [1.29, 1.82) is 0 Å². The molecule has 5 nitrogen and oxygen atoms in total. The summed E-state index contributed by atoms with van der Waals surface area (Å²) in [5, 5.41) is 11.5. The fourth-order valence-electron chi connectivity index (χ4n) is 1.34. The van der Waals surface area contributed by atoms with Crippen molar-refractivity contribution in [2.45, 2.75) is 6.42 Å². The number of pyridine rings is 1. The van der Waals surface area contributed by atoms with Crippen molar-refractivity contribution in [3.05, 3.63) is 35.5 Å². The van der Waals surface area contributed by atoms with Gasteiger partial charge in [-0.1, -0.05) is 17.7 Å². The van der Waals surface area contributed by atoms with Gasteiger partial charge < -0.3 is 9.88 Å². The Kier molecular flexibility index (Phi) is 3.36. The minimum atomic E-state index is 0.489. The Morgan fingerprint density at radius 1 is 1.44 bits per heavy atom. The molecule has 0 amide bonds. The number of aryl methyl sites for hydroxylation is 1. The summed E-state index contributed by atoms with van der Waals surface area (Å²) in [6, 6.07) is 5.48. The average molecular weight is 238 g/mol. The van der Waals surface area contributed by atoms with Gasteiger partial charge in [0.05, 0.1) is 0 Å². The van der Waals surface area contributed by atoms with E-state index in [2.05, 4.69) is 20.5 Å². The van der Waals surface area contributed by atoms with Crippen LogP contribution in [0.15, 0.2) is 24.5 Å². The first-order valence-electron chi connectivity index (χ1n) is 4.95. The summed E-state index contributed by atoms with van der Waals surface area (Å²) in [5.41, 5.74) is 0. The second-order valence-electron chi connectivity index (χ2n) is 3.38. The van der Waals surface area contributed by atoms with E-state index in [0.29, 0.717) is 5.15 Å². The molecule has 0 aliphatic carbocycles. The lowest BCUT2D eigenvalue weighted by atomic mass is 10.4. The first kappa shape index (κ1) is 10.9. The van der Waals surface area contributed by atoms with Crippen molar-refractivity contribution in [3.8, 4) is 0 Å². The number of hydrogen-bond donors (Lipinski definition) is 1. The topological polar surface area (TPSA) is 55.6 Å². The van der Waals surface area contributed by atoms with Crippen LogP contribution in [0.3, 0.4) is 0 Å². The van der Waals surface area contributed by atoms with E-state index in [1.54, 1.807) is 12.4 Å². The van der Waals surface area contributed by atoms with Crippen LogP contribution in [0.1, 0.15) is 5.82 Å². The monoisotopic (exact) mass is 237 g/mol. The van der Waals surface area contributed by atoms with Crippen molar-refractivity contribution in [1.82, 2.24) is 19.7 Å². The SMILES string of the molecule is Cn1cnnc1CCNc1cccc(Cl)n1. The highest BCUT2D eigenvalue weighted by atomic mass is 35.5. The smallest absolute Gasteiger partial charge is 0.134 e. The fourth-order valence-corrected chi connectivity index (χ4v) is 1.51. The fraction of sp³-hybridized carbons (Fsp3) is 0.300. The second-order valence-corrected chi connectivity index (χ2v) is 3.77. The lowest BCUT2D eigenvalue weighted by Gasteiger charge is -2.04. The molecule has 16 heavy (non-hydrogen) atoms. The lowest BCUT2D eigenvalue weighted by molar-refractivity contribution is 0.787. The summed E-state index contributed by atoms with van der Waals surface area (Å²) in [6.07, 6.45) is 2.48. The number of aromatic nitrogens is 4.